The van der Waals surface area contributed by atoms with Gasteiger partial charge in [0, 0.05) is 6.04 Å². The van der Waals surface area contributed by atoms with Gasteiger partial charge in [-0.15, -0.1) is 0 Å². The molecule has 0 radical (unpaired) electrons. The van der Waals surface area contributed by atoms with Crippen molar-refractivity contribution < 1.29 is 4.42 Å². The monoisotopic (exact) mass is 260 g/mol. The number of H-pyrrole nitrogens is 1. The van der Waals surface area contributed by atoms with Gasteiger partial charge in [0.05, 0.1) is 5.52 Å². The van der Waals surface area contributed by atoms with E-state index in [1.54, 1.807) is 0 Å². The van der Waals surface area contributed by atoms with E-state index in [1.807, 2.05) is 12.1 Å². The third kappa shape index (κ3) is 2.45. The summed E-state index contributed by atoms with van der Waals surface area (Å²) in [5.41, 5.74) is 2.66. The molecule has 1 unspecified atom stereocenters. The Morgan fingerprint density at radius 2 is 2.32 bits per heavy atom. The van der Waals surface area contributed by atoms with Gasteiger partial charge in [0.1, 0.15) is 0 Å². The van der Waals surface area contributed by atoms with Crippen molar-refractivity contribution in [2.45, 2.75) is 38.6 Å². The Bertz CT molecular complexity index is 610. The van der Waals surface area contributed by atoms with E-state index in [0.717, 1.165) is 24.4 Å². The second kappa shape index (κ2) is 5.21. The Labute approximate surface area is 112 Å². The van der Waals surface area contributed by atoms with E-state index in [4.69, 9.17) is 4.42 Å². The van der Waals surface area contributed by atoms with E-state index in [2.05, 4.69) is 23.3 Å². The Morgan fingerprint density at radius 1 is 1.47 bits per heavy atom. The molecule has 102 valence electrons. The van der Waals surface area contributed by atoms with E-state index in [-0.39, 0.29) is 5.76 Å². The molecule has 2 N–H and O–H groups in total. The van der Waals surface area contributed by atoms with E-state index in [9.17, 15) is 4.79 Å². The highest BCUT2D eigenvalue weighted by Gasteiger charge is 2.28. The molecule has 1 aromatic heterocycles. The Kier molecular flexibility index (Phi) is 3.42. The highest BCUT2D eigenvalue weighted by atomic mass is 16.4. The van der Waals surface area contributed by atoms with Crippen LogP contribution in [0.25, 0.3) is 11.1 Å². The van der Waals surface area contributed by atoms with Crippen LogP contribution in [-0.4, -0.2) is 11.5 Å². The minimum atomic E-state index is -0.381. The molecule has 1 heterocycles. The van der Waals surface area contributed by atoms with Crippen molar-refractivity contribution in [1.29, 1.82) is 0 Å². The molecule has 1 aliphatic rings. The van der Waals surface area contributed by atoms with E-state index >= 15 is 0 Å². The second-order valence-electron chi connectivity index (χ2n) is 5.39. The molecule has 0 saturated heterocycles. The smallest absolute Gasteiger partial charge is 0.408 e. The summed E-state index contributed by atoms with van der Waals surface area (Å²) in [5, 5.41) is 3.63. The van der Waals surface area contributed by atoms with Crippen LogP contribution in [-0.2, 0) is 0 Å². The summed E-state index contributed by atoms with van der Waals surface area (Å²) < 4.78 is 5.16. The second-order valence-corrected chi connectivity index (χ2v) is 5.39. The van der Waals surface area contributed by atoms with Gasteiger partial charge in [-0.05, 0) is 49.4 Å². The molecule has 3 rings (SSSR count). The van der Waals surface area contributed by atoms with Crippen LogP contribution in [0.1, 0.15) is 44.2 Å². The maximum absolute atomic E-state index is 11.2. The number of aromatic amines is 1. The molecule has 1 atom stereocenters. The number of oxazole rings is 1. The summed E-state index contributed by atoms with van der Waals surface area (Å²) in [6.07, 6.45) is 5.04. The third-order valence-corrected chi connectivity index (χ3v) is 4.04. The maximum Gasteiger partial charge on any atom is 0.417 e. The molecule has 19 heavy (non-hydrogen) atoms. The summed E-state index contributed by atoms with van der Waals surface area (Å²) >= 11 is 0. The van der Waals surface area contributed by atoms with Crippen LogP contribution in [0.2, 0.25) is 0 Å². The predicted octanol–water partition coefficient (Wildman–Crippen LogP) is 2.96. The van der Waals surface area contributed by atoms with Crippen LogP contribution in [0.4, 0.5) is 0 Å². The van der Waals surface area contributed by atoms with Crippen molar-refractivity contribution in [3.05, 3.63) is 34.3 Å². The predicted molar refractivity (Wildman–Crippen MR) is 75.2 cm³/mol. The van der Waals surface area contributed by atoms with Crippen molar-refractivity contribution in [3.8, 4) is 0 Å². The lowest BCUT2D eigenvalue weighted by molar-refractivity contribution is 0.231. The molecule has 4 nitrogen and oxygen atoms in total. The first-order valence-corrected chi connectivity index (χ1v) is 7.14. The van der Waals surface area contributed by atoms with Crippen molar-refractivity contribution in [3.63, 3.8) is 0 Å². The van der Waals surface area contributed by atoms with Crippen LogP contribution in [0.5, 0.6) is 0 Å². The van der Waals surface area contributed by atoms with Crippen LogP contribution in [0.15, 0.2) is 27.4 Å². The fourth-order valence-corrected chi connectivity index (χ4v) is 2.79. The van der Waals surface area contributed by atoms with E-state index < -0.39 is 0 Å². The third-order valence-electron chi connectivity index (χ3n) is 4.04. The lowest BCUT2D eigenvalue weighted by atomic mass is 9.77. The molecule has 1 fully saturated rings. The van der Waals surface area contributed by atoms with Gasteiger partial charge in [0.15, 0.2) is 5.58 Å². The normalized spacial score (nSPS) is 17.5. The molecular weight excluding hydrogens is 240 g/mol. The molecule has 2 aromatic rings. The Hall–Kier alpha value is -1.55. The molecule has 1 aliphatic carbocycles. The number of benzene rings is 1. The number of hydrogen-bond acceptors (Lipinski definition) is 3. The molecule has 1 saturated carbocycles. The summed E-state index contributed by atoms with van der Waals surface area (Å²) in [6.45, 7) is 3.20. The highest BCUT2D eigenvalue weighted by Crippen LogP contribution is 2.38. The first-order valence-electron chi connectivity index (χ1n) is 7.14. The van der Waals surface area contributed by atoms with Crippen LogP contribution < -0.4 is 11.1 Å². The van der Waals surface area contributed by atoms with Gasteiger partial charge in [0.25, 0.3) is 0 Å². The molecule has 4 heteroatoms. The van der Waals surface area contributed by atoms with Gasteiger partial charge in [-0.2, -0.15) is 0 Å². The number of rotatable bonds is 5. The molecule has 0 bridgehead atoms. The lowest BCUT2D eigenvalue weighted by Crippen LogP contribution is -2.32. The Balaban J connectivity index is 1.91. The number of nitrogens with one attached hydrogen (secondary N) is 2. The molecule has 1 aromatic carbocycles. The molecular formula is C15H20N2O2. The summed E-state index contributed by atoms with van der Waals surface area (Å²) in [5.74, 6) is 0.337. The quantitative estimate of drug-likeness (QED) is 0.869. The SMILES string of the molecule is CCCNC(c1ccc2[nH]c(=O)oc2c1)C1CCC1. The van der Waals surface area contributed by atoms with Crippen molar-refractivity contribution in [2.75, 3.05) is 6.54 Å². The van der Waals surface area contributed by atoms with Gasteiger partial charge in [-0.25, -0.2) is 4.79 Å². The lowest BCUT2D eigenvalue weighted by Gasteiger charge is -2.34. The van der Waals surface area contributed by atoms with Gasteiger partial charge >= 0.3 is 5.76 Å². The van der Waals surface area contributed by atoms with E-state index in [1.165, 1.54) is 24.8 Å². The van der Waals surface area contributed by atoms with Crippen LogP contribution in [0, 0.1) is 5.92 Å². The summed E-state index contributed by atoms with van der Waals surface area (Å²) in [4.78, 5) is 13.9. The average Bonchev–Trinajstić information content (AvgIpc) is 2.70. The first-order chi connectivity index (χ1) is 9.28. The molecule has 0 spiro atoms. The van der Waals surface area contributed by atoms with E-state index in [0.29, 0.717) is 11.6 Å². The summed E-state index contributed by atoms with van der Waals surface area (Å²) in [7, 11) is 0. The number of aromatic nitrogens is 1. The standard InChI is InChI=1S/C15H20N2O2/c1-2-8-16-14(10-4-3-5-10)11-6-7-12-13(9-11)19-15(18)17-12/h6-7,9-10,14,16H,2-5,8H2,1H3,(H,17,18). The van der Waals surface area contributed by atoms with Crippen molar-refractivity contribution in [2.24, 2.45) is 5.92 Å². The largest absolute Gasteiger partial charge is 0.417 e. The molecule has 0 amide bonds. The summed E-state index contributed by atoms with van der Waals surface area (Å²) in [6, 6.07) is 6.42. The maximum atomic E-state index is 11.2. The minimum Gasteiger partial charge on any atom is -0.408 e. The fourth-order valence-electron chi connectivity index (χ4n) is 2.79. The van der Waals surface area contributed by atoms with Crippen LogP contribution >= 0.6 is 0 Å². The van der Waals surface area contributed by atoms with Crippen molar-refractivity contribution >= 4 is 11.1 Å². The first kappa shape index (κ1) is 12.5. The average molecular weight is 260 g/mol. The zero-order chi connectivity index (χ0) is 13.2. The zero-order valence-electron chi connectivity index (χ0n) is 11.2. The van der Waals surface area contributed by atoms with Gasteiger partial charge in [0.2, 0.25) is 0 Å². The van der Waals surface area contributed by atoms with Gasteiger partial charge < -0.3 is 9.73 Å². The van der Waals surface area contributed by atoms with Crippen molar-refractivity contribution in [1.82, 2.24) is 10.3 Å². The molecule has 0 aliphatic heterocycles. The van der Waals surface area contributed by atoms with Crippen LogP contribution in [0.3, 0.4) is 0 Å². The highest BCUT2D eigenvalue weighted by molar-refractivity contribution is 5.72. The topological polar surface area (TPSA) is 58.0 Å². The number of hydrogen-bond donors (Lipinski definition) is 2. The fraction of sp³-hybridized carbons (Fsp3) is 0.533. The van der Waals surface area contributed by atoms with Gasteiger partial charge in [-0.1, -0.05) is 19.4 Å². The zero-order valence-corrected chi connectivity index (χ0v) is 11.2. The minimum absolute atomic E-state index is 0.381. The number of fused-ring (bicyclic) bond motifs is 1. The van der Waals surface area contributed by atoms with Gasteiger partial charge in [-0.3, -0.25) is 4.98 Å². The Morgan fingerprint density at radius 3 is 3.00 bits per heavy atom.